The Morgan fingerprint density at radius 3 is 3.11 bits per heavy atom. The molecular weight excluding hydrogens is 136 g/mol. The van der Waals surface area contributed by atoms with Crippen molar-refractivity contribution >= 4 is 16.5 Å². The summed E-state index contributed by atoms with van der Waals surface area (Å²) < 4.78 is 5.10. The molecular formula is C5H8N2OS. The van der Waals surface area contributed by atoms with Gasteiger partial charge in [0.2, 0.25) is 0 Å². The smallest absolute Gasteiger partial charge is 0.195 e. The summed E-state index contributed by atoms with van der Waals surface area (Å²) in [5.41, 5.74) is 5.34. The van der Waals surface area contributed by atoms with Crippen LogP contribution in [0.3, 0.4) is 0 Å². The number of rotatable bonds is 2. The molecule has 1 heterocycles. The zero-order valence-corrected chi connectivity index (χ0v) is 5.94. The highest BCUT2D eigenvalue weighted by Crippen LogP contribution is 2.22. The van der Waals surface area contributed by atoms with Crippen molar-refractivity contribution < 1.29 is 4.74 Å². The van der Waals surface area contributed by atoms with Gasteiger partial charge in [0.1, 0.15) is 0 Å². The summed E-state index contributed by atoms with van der Waals surface area (Å²) in [6.07, 6.45) is 1.63. The van der Waals surface area contributed by atoms with Crippen molar-refractivity contribution in [1.29, 1.82) is 0 Å². The van der Waals surface area contributed by atoms with Crippen LogP contribution < -0.4 is 10.5 Å². The van der Waals surface area contributed by atoms with Crippen molar-refractivity contribution in [2.45, 2.75) is 6.92 Å². The molecule has 0 saturated carbocycles. The fourth-order valence-corrected chi connectivity index (χ4v) is 1.07. The molecule has 0 bridgehead atoms. The van der Waals surface area contributed by atoms with Gasteiger partial charge >= 0.3 is 0 Å². The highest BCUT2D eigenvalue weighted by atomic mass is 32.1. The lowest BCUT2D eigenvalue weighted by atomic mass is 10.8. The Morgan fingerprint density at radius 1 is 1.89 bits per heavy atom. The second-order valence-electron chi connectivity index (χ2n) is 1.45. The summed E-state index contributed by atoms with van der Waals surface area (Å²) in [5, 5.41) is 1.34. The minimum absolute atomic E-state index is 0.554. The van der Waals surface area contributed by atoms with Crippen LogP contribution in [-0.2, 0) is 0 Å². The third-order valence-corrected chi connectivity index (χ3v) is 1.53. The molecule has 1 rings (SSSR count). The molecule has 0 fully saturated rings. The number of nitrogens with zero attached hydrogens (tertiary/aromatic N) is 1. The van der Waals surface area contributed by atoms with Gasteiger partial charge in [-0.3, -0.25) is 0 Å². The van der Waals surface area contributed by atoms with Crippen LogP contribution in [0.4, 0.5) is 5.13 Å². The van der Waals surface area contributed by atoms with E-state index in [0.29, 0.717) is 11.7 Å². The summed E-state index contributed by atoms with van der Waals surface area (Å²) in [6, 6.07) is 0. The van der Waals surface area contributed by atoms with Crippen LogP contribution in [0.1, 0.15) is 6.92 Å². The highest BCUT2D eigenvalue weighted by Gasteiger charge is 1.95. The molecule has 0 aromatic carbocycles. The Kier molecular flexibility index (Phi) is 1.89. The van der Waals surface area contributed by atoms with Crippen molar-refractivity contribution in [2.24, 2.45) is 0 Å². The van der Waals surface area contributed by atoms with Gasteiger partial charge in [-0.25, -0.2) is 4.98 Å². The molecule has 50 valence electrons. The fraction of sp³-hybridized carbons (Fsp3) is 0.400. The molecule has 0 saturated heterocycles. The van der Waals surface area contributed by atoms with Crippen molar-refractivity contribution in [3.05, 3.63) is 6.20 Å². The fourth-order valence-electron chi connectivity index (χ4n) is 0.481. The third kappa shape index (κ3) is 1.57. The Labute approximate surface area is 57.5 Å². The Bertz CT molecular complexity index is 187. The largest absolute Gasteiger partial charge is 0.483 e. The lowest BCUT2D eigenvalue weighted by Gasteiger charge is -1.92. The first-order chi connectivity index (χ1) is 4.33. The topological polar surface area (TPSA) is 48.1 Å². The number of ether oxygens (including phenoxy) is 1. The van der Waals surface area contributed by atoms with E-state index in [0.717, 1.165) is 5.06 Å². The SMILES string of the molecule is CCOc1cnc(N)s1. The predicted octanol–water partition coefficient (Wildman–Crippen LogP) is 1.12. The van der Waals surface area contributed by atoms with Crippen LogP contribution in [0.2, 0.25) is 0 Å². The molecule has 2 N–H and O–H groups in total. The molecule has 0 atom stereocenters. The van der Waals surface area contributed by atoms with Crippen LogP contribution in [0, 0.1) is 0 Å². The second-order valence-corrected chi connectivity index (χ2v) is 2.48. The molecule has 0 aliphatic rings. The molecule has 3 nitrogen and oxygen atoms in total. The van der Waals surface area contributed by atoms with Crippen molar-refractivity contribution in [3.8, 4) is 5.06 Å². The zero-order valence-electron chi connectivity index (χ0n) is 5.13. The summed E-state index contributed by atoms with van der Waals surface area (Å²) >= 11 is 1.36. The average molecular weight is 144 g/mol. The van der Waals surface area contributed by atoms with Gasteiger partial charge in [0.15, 0.2) is 10.2 Å². The van der Waals surface area contributed by atoms with Gasteiger partial charge in [-0.2, -0.15) is 0 Å². The maximum absolute atomic E-state index is 5.34. The van der Waals surface area contributed by atoms with Gasteiger partial charge < -0.3 is 10.5 Å². The van der Waals surface area contributed by atoms with Gasteiger partial charge in [0.05, 0.1) is 12.8 Å². The van der Waals surface area contributed by atoms with E-state index >= 15 is 0 Å². The van der Waals surface area contributed by atoms with Gasteiger partial charge in [-0.15, -0.1) is 0 Å². The molecule has 4 heteroatoms. The normalized spacial score (nSPS) is 9.44. The molecule has 0 radical (unpaired) electrons. The maximum atomic E-state index is 5.34. The first-order valence-electron chi connectivity index (χ1n) is 2.67. The number of thiazole rings is 1. The third-order valence-electron chi connectivity index (χ3n) is 0.789. The molecule has 1 aromatic rings. The summed E-state index contributed by atoms with van der Waals surface area (Å²) in [7, 11) is 0. The molecule has 0 aliphatic heterocycles. The number of nitrogens with two attached hydrogens (primary N) is 1. The number of anilines is 1. The van der Waals surface area contributed by atoms with E-state index in [1.807, 2.05) is 6.92 Å². The summed E-state index contributed by atoms with van der Waals surface area (Å²) in [5.74, 6) is 0. The predicted molar refractivity (Wildman–Crippen MR) is 37.7 cm³/mol. The lowest BCUT2D eigenvalue weighted by Crippen LogP contribution is -1.86. The first kappa shape index (κ1) is 6.35. The van der Waals surface area contributed by atoms with E-state index in [2.05, 4.69) is 4.98 Å². The first-order valence-corrected chi connectivity index (χ1v) is 3.48. The van der Waals surface area contributed by atoms with Crippen LogP contribution in [0.5, 0.6) is 5.06 Å². The molecule has 0 amide bonds. The molecule has 0 aliphatic carbocycles. The van der Waals surface area contributed by atoms with Gasteiger partial charge in [0, 0.05) is 0 Å². The van der Waals surface area contributed by atoms with Crippen molar-refractivity contribution in [2.75, 3.05) is 12.3 Å². The van der Waals surface area contributed by atoms with Crippen LogP contribution in [0.15, 0.2) is 6.20 Å². The number of hydrogen-bond acceptors (Lipinski definition) is 4. The Balaban J connectivity index is 2.61. The molecule has 0 spiro atoms. The van der Waals surface area contributed by atoms with E-state index in [1.54, 1.807) is 6.20 Å². The van der Waals surface area contributed by atoms with E-state index in [1.165, 1.54) is 11.3 Å². The summed E-state index contributed by atoms with van der Waals surface area (Å²) in [6.45, 7) is 2.59. The van der Waals surface area contributed by atoms with Gasteiger partial charge in [-0.1, -0.05) is 11.3 Å². The van der Waals surface area contributed by atoms with Gasteiger partial charge in [0.25, 0.3) is 0 Å². The maximum Gasteiger partial charge on any atom is 0.195 e. The van der Waals surface area contributed by atoms with Crippen LogP contribution in [-0.4, -0.2) is 11.6 Å². The van der Waals surface area contributed by atoms with Crippen LogP contribution in [0.25, 0.3) is 0 Å². The average Bonchev–Trinajstić information content (AvgIpc) is 2.17. The van der Waals surface area contributed by atoms with Crippen LogP contribution >= 0.6 is 11.3 Å². The molecule has 1 aromatic heterocycles. The second kappa shape index (κ2) is 2.68. The van der Waals surface area contributed by atoms with E-state index in [4.69, 9.17) is 10.5 Å². The minimum Gasteiger partial charge on any atom is -0.483 e. The standard InChI is InChI=1S/C5H8N2OS/c1-2-8-4-3-7-5(6)9-4/h3H,2H2,1H3,(H2,6,7). The van der Waals surface area contributed by atoms with E-state index < -0.39 is 0 Å². The highest BCUT2D eigenvalue weighted by molar-refractivity contribution is 7.17. The summed E-state index contributed by atoms with van der Waals surface area (Å²) in [4.78, 5) is 3.81. The molecule has 9 heavy (non-hydrogen) atoms. The van der Waals surface area contributed by atoms with E-state index in [-0.39, 0.29) is 0 Å². The lowest BCUT2D eigenvalue weighted by molar-refractivity contribution is 0.349. The van der Waals surface area contributed by atoms with Crippen molar-refractivity contribution in [1.82, 2.24) is 4.98 Å². The number of aromatic nitrogens is 1. The Morgan fingerprint density at radius 2 is 2.67 bits per heavy atom. The quantitative estimate of drug-likeness (QED) is 0.676. The zero-order chi connectivity index (χ0) is 6.69. The molecule has 0 unspecified atom stereocenters. The Hall–Kier alpha value is -0.770. The number of hydrogen-bond donors (Lipinski definition) is 1. The monoisotopic (exact) mass is 144 g/mol. The van der Waals surface area contributed by atoms with Crippen molar-refractivity contribution in [3.63, 3.8) is 0 Å². The minimum atomic E-state index is 0.554. The van der Waals surface area contributed by atoms with E-state index in [9.17, 15) is 0 Å². The number of nitrogen functional groups attached to an aromatic ring is 1. The van der Waals surface area contributed by atoms with Gasteiger partial charge in [-0.05, 0) is 6.92 Å².